The van der Waals surface area contributed by atoms with Crippen LogP contribution in [0.25, 0.3) is 22.0 Å². The van der Waals surface area contributed by atoms with Gasteiger partial charge in [0.2, 0.25) is 0 Å². The van der Waals surface area contributed by atoms with Crippen molar-refractivity contribution in [1.82, 2.24) is 24.4 Å². The quantitative estimate of drug-likeness (QED) is 0.500. The van der Waals surface area contributed by atoms with Crippen molar-refractivity contribution in [3.63, 3.8) is 0 Å². The van der Waals surface area contributed by atoms with Crippen LogP contribution in [0.5, 0.6) is 0 Å². The average molecular weight is 405 g/mol. The molecule has 138 valence electrons. The van der Waals surface area contributed by atoms with Crippen LogP contribution in [0.2, 0.25) is 0 Å². The Morgan fingerprint density at radius 2 is 1.82 bits per heavy atom. The SMILES string of the molecule is CCn1c(-c2snnc2-c2ccccc2)nnc1C(S)c1ccc(C#N)cc1. The van der Waals surface area contributed by atoms with E-state index in [1.807, 2.05) is 54.0 Å². The lowest BCUT2D eigenvalue weighted by molar-refractivity contribution is 0.716. The van der Waals surface area contributed by atoms with Gasteiger partial charge in [-0.3, -0.25) is 0 Å². The highest BCUT2D eigenvalue weighted by Crippen LogP contribution is 2.35. The number of rotatable bonds is 5. The van der Waals surface area contributed by atoms with Crippen LogP contribution < -0.4 is 0 Å². The van der Waals surface area contributed by atoms with Crippen LogP contribution in [0.15, 0.2) is 54.6 Å². The van der Waals surface area contributed by atoms with Crippen molar-refractivity contribution >= 4 is 24.2 Å². The van der Waals surface area contributed by atoms with Crippen molar-refractivity contribution < 1.29 is 0 Å². The zero-order valence-electron chi connectivity index (χ0n) is 15.0. The van der Waals surface area contributed by atoms with E-state index in [1.54, 1.807) is 12.1 Å². The molecule has 0 fully saturated rings. The van der Waals surface area contributed by atoms with E-state index in [-0.39, 0.29) is 5.25 Å². The molecule has 2 aromatic carbocycles. The van der Waals surface area contributed by atoms with Crippen molar-refractivity contribution in [2.45, 2.75) is 18.7 Å². The Morgan fingerprint density at radius 1 is 1.07 bits per heavy atom. The summed E-state index contributed by atoms with van der Waals surface area (Å²) in [6.45, 7) is 2.74. The maximum absolute atomic E-state index is 8.99. The highest BCUT2D eigenvalue weighted by molar-refractivity contribution is 7.80. The summed E-state index contributed by atoms with van der Waals surface area (Å²) in [5.41, 5.74) is 3.37. The molecule has 1 atom stereocenters. The van der Waals surface area contributed by atoms with E-state index in [1.165, 1.54) is 11.5 Å². The number of aromatic nitrogens is 5. The molecule has 2 heterocycles. The van der Waals surface area contributed by atoms with Crippen molar-refractivity contribution in [1.29, 1.82) is 5.26 Å². The fourth-order valence-corrected chi connectivity index (χ4v) is 4.05. The molecule has 0 aliphatic heterocycles. The summed E-state index contributed by atoms with van der Waals surface area (Å²) in [5, 5.41) is 21.9. The third-order valence-corrected chi connectivity index (χ3v) is 5.68. The van der Waals surface area contributed by atoms with Gasteiger partial charge in [0.15, 0.2) is 11.6 Å². The summed E-state index contributed by atoms with van der Waals surface area (Å²) in [7, 11) is 0. The first-order valence-corrected chi connectivity index (χ1v) is 10.0. The van der Waals surface area contributed by atoms with E-state index in [2.05, 4.69) is 25.9 Å². The van der Waals surface area contributed by atoms with Gasteiger partial charge in [-0.1, -0.05) is 47.0 Å². The second kappa shape index (κ2) is 7.92. The maximum Gasteiger partial charge on any atom is 0.178 e. The van der Waals surface area contributed by atoms with Gasteiger partial charge in [0.1, 0.15) is 10.6 Å². The first kappa shape index (κ1) is 18.3. The second-order valence-electron chi connectivity index (χ2n) is 6.08. The van der Waals surface area contributed by atoms with Gasteiger partial charge in [-0.2, -0.15) is 17.9 Å². The Hall–Kier alpha value is -3.02. The molecule has 4 rings (SSSR count). The third kappa shape index (κ3) is 3.30. The lowest BCUT2D eigenvalue weighted by atomic mass is 10.1. The van der Waals surface area contributed by atoms with Crippen LogP contribution in [0.3, 0.4) is 0 Å². The third-order valence-electron chi connectivity index (χ3n) is 4.43. The van der Waals surface area contributed by atoms with Crippen LogP contribution in [0.1, 0.15) is 29.1 Å². The Morgan fingerprint density at radius 3 is 2.50 bits per heavy atom. The summed E-state index contributed by atoms with van der Waals surface area (Å²) < 4.78 is 6.18. The normalized spacial score (nSPS) is 11.9. The molecule has 0 radical (unpaired) electrons. The van der Waals surface area contributed by atoms with Crippen molar-refractivity contribution in [2.75, 3.05) is 0 Å². The molecule has 6 nitrogen and oxygen atoms in total. The lowest BCUT2D eigenvalue weighted by Gasteiger charge is -2.13. The Bertz CT molecular complexity index is 1130. The molecule has 0 spiro atoms. The van der Waals surface area contributed by atoms with Crippen molar-refractivity contribution in [3.8, 4) is 28.0 Å². The molecule has 8 heteroatoms. The molecule has 28 heavy (non-hydrogen) atoms. The first-order chi connectivity index (χ1) is 13.7. The first-order valence-electron chi connectivity index (χ1n) is 8.72. The topological polar surface area (TPSA) is 80.3 Å². The van der Waals surface area contributed by atoms with Crippen LogP contribution in [-0.4, -0.2) is 24.4 Å². The molecule has 0 saturated carbocycles. The van der Waals surface area contributed by atoms with Gasteiger partial charge in [-0.05, 0) is 36.2 Å². The van der Waals surface area contributed by atoms with Crippen LogP contribution >= 0.6 is 24.2 Å². The summed E-state index contributed by atoms with van der Waals surface area (Å²) >= 11 is 6.08. The second-order valence-corrected chi connectivity index (χ2v) is 7.35. The van der Waals surface area contributed by atoms with Crippen LogP contribution in [-0.2, 0) is 6.54 Å². The van der Waals surface area contributed by atoms with E-state index in [9.17, 15) is 0 Å². The van der Waals surface area contributed by atoms with E-state index in [0.717, 1.165) is 33.3 Å². The Balaban J connectivity index is 1.75. The lowest BCUT2D eigenvalue weighted by Crippen LogP contribution is -2.07. The van der Waals surface area contributed by atoms with Crippen LogP contribution in [0.4, 0.5) is 0 Å². The number of hydrogen-bond acceptors (Lipinski definition) is 7. The van der Waals surface area contributed by atoms with E-state index in [0.29, 0.717) is 12.1 Å². The smallest absolute Gasteiger partial charge is 0.178 e. The van der Waals surface area contributed by atoms with Gasteiger partial charge in [0.05, 0.1) is 16.9 Å². The fourth-order valence-electron chi connectivity index (χ4n) is 3.01. The van der Waals surface area contributed by atoms with Gasteiger partial charge >= 0.3 is 0 Å². The number of nitriles is 1. The molecular formula is C20H16N6S2. The molecule has 0 aliphatic carbocycles. The van der Waals surface area contributed by atoms with Crippen molar-refractivity contribution in [2.24, 2.45) is 0 Å². The minimum atomic E-state index is -0.255. The highest BCUT2D eigenvalue weighted by atomic mass is 32.1. The predicted molar refractivity (Wildman–Crippen MR) is 112 cm³/mol. The molecule has 1 unspecified atom stereocenters. The zero-order chi connectivity index (χ0) is 19.5. The Labute approximate surface area is 172 Å². The molecule has 0 N–H and O–H groups in total. The summed E-state index contributed by atoms with van der Waals surface area (Å²) in [5.74, 6) is 1.48. The number of thiol groups is 1. The Kier molecular flexibility index (Phi) is 5.19. The summed E-state index contributed by atoms with van der Waals surface area (Å²) in [6, 6.07) is 19.4. The largest absolute Gasteiger partial charge is 0.309 e. The minimum absolute atomic E-state index is 0.255. The number of benzene rings is 2. The predicted octanol–water partition coefficient (Wildman–Crippen LogP) is 4.37. The van der Waals surface area contributed by atoms with Gasteiger partial charge in [-0.25, -0.2) is 0 Å². The molecule has 4 aromatic rings. The summed E-state index contributed by atoms with van der Waals surface area (Å²) in [6.07, 6.45) is 0. The van der Waals surface area contributed by atoms with E-state index in [4.69, 9.17) is 17.9 Å². The molecule has 0 amide bonds. The monoisotopic (exact) mass is 404 g/mol. The molecule has 0 bridgehead atoms. The summed E-state index contributed by atoms with van der Waals surface area (Å²) in [4.78, 5) is 0.882. The average Bonchev–Trinajstić information content (AvgIpc) is 3.40. The van der Waals surface area contributed by atoms with Gasteiger partial charge < -0.3 is 4.57 Å². The van der Waals surface area contributed by atoms with Gasteiger partial charge in [0, 0.05) is 12.1 Å². The van der Waals surface area contributed by atoms with E-state index < -0.39 is 0 Å². The minimum Gasteiger partial charge on any atom is -0.309 e. The molecule has 2 aromatic heterocycles. The standard InChI is InChI=1S/C20H16N6S2/c1-2-26-19(17(27)15-10-8-13(12-21)9-11-15)23-24-20(26)18-16(22-25-28-18)14-6-4-3-5-7-14/h3-11,17,27H,2H2,1H3. The highest BCUT2D eigenvalue weighted by Gasteiger charge is 2.23. The molecule has 0 aliphatic rings. The van der Waals surface area contributed by atoms with Crippen LogP contribution in [0, 0.1) is 11.3 Å². The maximum atomic E-state index is 8.99. The zero-order valence-corrected chi connectivity index (χ0v) is 16.7. The molecular weight excluding hydrogens is 388 g/mol. The number of hydrogen-bond donors (Lipinski definition) is 1. The molecule has 0 saturated heterocycles. The van der Waals surface area contributed by atoms with E-state index >= 15 is 0 Å². The van der Waals surface area contributed by atoms with Gasteiger partial charge in [-0.15, -0.1) is 15.3 Å². The van der Waals surface area contributed by atoms with Gasteiger partial charge in [0.25, 0.3) is 0 Å². The van der Waals surface area contributed by atoms with Crippen molar-refractivity contribution in [3.05, 3.63) is 71.5 Å². The number of nitrogens with zero attached hydrogens (tertiary/aromatic N) is 6. The fraction of sp³-hybridized carbons (Fsp3) is 0.150.